The monoisotopic (exact) mass is 255 g/mol. The molecule has 1 saturated carbocycles. The molecule has 1 rings (SSSR count). The molecule has 1 aliphatic rings. The summed E-state index contributed by atoms with van der Waals surface area (Å²) in [4.78, 5) is 23.1. The molecule has 0 aromatic heterocycles. The summed E-state index contributed by atoms with van der Waals surface area (Å²) < 4.78 is 5.20. The predicted octanol–water partition coefficient (Wildman–Crippen LogP) is 3.05. The van der Waals surface area contributed by atoms with Crippen molar-refractivity contribution in [1.82, 2.24) is 5.32 Å². The highest BCUT2D eigenvalue weighted by Gasteiger charge is 2.38. The van der Waals surface area contributed by atoms with E-state index in [1.54, 1.807) is 0 Å². The van der Waals surface area contributed by atoms with Gasteiger partial charge in [0.15, 0.2) is 0 Å². The molecule has 0 aromatic rings. The lowest BCUT2D eigenvalue weighted by atomic mass is 9.65. The van der Waals surface area contributed by atoms with E-state index in [4.69, 9.17) is 4.74 Å². The van der Waals surface area contributed by atoms with E-state index in [1.165, 1.54) is 0 Å². The van der Waals surface area contributed by atoms with Crippen molar-refractivity contribution in [2.45, 2.75) is 65.4 Å². The average Bonchev–Trinajstić information content (AvgIpc) is 2.18. The van der Waals surface area contributed by atoms with E-state index >= 15 is 0 Å². The number of ether oxygens (including phenoxy) is 1. The van der Waals surface area contributed by atoms with Gasteiger partial charge in [0.1, 0.15) is 11.4 Å². The van der Waals surface area contributed by atoms with Gasteiger partial charge in [0.25, 0.3) is 0 Å². The molecule has 1 fully saturated rings. The highest BCUT2D eigenvalue weighted by atomic mass is 16.6. The maximum Gasteiger partial charge on any atom is 0.407 e. The third-order valence-corrected chi connectivity index (χ3v) is 3.39. The van der Waals surface area contributed by atoms with E-state index < -0.39 is 11.7 Å². The third kappa shape index (κ3) is 4.67. The Morgan fingerprint density at radius 1 is 1.28 bits per heavy atom. The molecule has 0 aliphatic heterocycles. The first kappa shape index (κ1) is 15.0. The first-order valence-corrected chi connectivity index (χ1v) is 6.75. The minimum atomic E-state index is -0.476. The number of hydrogen-bond donors (Lipinski definition) is 1. The number of rotatable bonds is 5. The van der Waals surface area contributed by atoms with Crippen LogP contribution < -0.4 is 5.32 Å². The van der Waals surface area contributed by atoms with Crippen LogP contribution in [-0.2, 0) is 9.53 Å². The Bertz CT molecular complexity index is 313. The molecule has 0 saturated heterocycles. The van der Waals surface area contributed by atoms with Crippen LogP contribution in [0.15, 0.2) is 0 Å². The maximum atomic E-state index is 11.6. The summed E-state index contributed by atoms with van der Waals surface area (Å²) in [6.45, 7) is 7.95. The fourth-order valence-corrected chi connectivity index (χ4v) is 2.21. The zero-order valence-corrected chi connectivity index (χ0v) is 12.0. The number of carbonyl (C=O) groups excluding carboxylic acids is 2. The Labute approximate surface area is 109 Å². The van der Waals surface area contributed by atoms with E-state index in [0.29, 0.717) is 19.4 Å². The SMILES string of the molecule is CCC(=O)CC1(CNC(=O)OC(C)(C)C)CCC1. The molecule has 4 heteroatoms. The van der Waals surface area contributed by atoms with Crippen LogP contribution in [0.2, 0.25) is 0 Å². The maximum absolute atomic E-state index is 11.6. The smallest absolute Gasteiger partial charge is 0.407 e. The number of nitrogens with one attached hydrogen (secondary N) is 1. The van der Waals surface area contributed by atoms with Gasteiger partial charge in [0.05, 0.1) is 0 Å². The largest absolute Gasteiger partial charge is 0.444 e. The second-order valence-electron chi connectivity index (χ2n) is 6.28. The summed E-state index contributed by atoms with van der Waals surface area (Å²) >= 11 is 0. The van der Waals surface area contributed by atoms with Gasteiger partial charge in [0.2, 0.25) is 0 Å². The number of hydrogen-bond acceptors (Lipinski definition) is 3. The third-order valence-electron chi connectivity index (χ3n) is 3.39. The van der Waals surface area contributed by atoms with E-state index in [2.05, 4.69) is 5.32 Å². The second-order valence-corrected chi connectivity index (χ2v) is 6.28. The van der Waals surface area contributed by atoms with Crippen LogP contribution >= 0.6 is 0 Å². The van der Waals surface area contributed by atoms with Crippen molar-refractivity contribution >= 4 is 11.9 Å². The minimum absolute atomic E-state index is 0.00992. The topological polar surface area (TPSA) is 55.4 Å². The Kier molecular flexibility index (Phi) is 4.77. The van der Waals surface area contributed by atoms with Crippen molar-refractivity contribution in [3.05, 3.63) is 0 Å². The number of ketones is 1. The molecule has 0 bridgehead atoms. The zero-order chi connectivity index (χ0) is 13.8. The molecule has 0 aromatic carbocycles. The summed E-state index contributed by atoms with van der Waals surface area (Å²) in [5.41, 5.74) is -0.486. The minimum Gasteiger partial charge on any atom is -0.444 e. The van der Waals surface area contributed by atoms with E-state index in [0.717, 1.165) is 19.3 Å². The molecule has 1 aliphatic carbocycles. The van der Waals surface area contributed by atoms with Gasteiger partial charge in [-0.3, -0.25) is 4.79 Å². The molecule has 0 heterocycles. The van der Waals surface area contributed by atoms with Gasteiger partial charge in [-0.2, -0.15) is 0 Å². The Morgan fingerprint density at radius 2 is 1.89 bits per heavy atom. The summed E-state index contributed by atoms with van der Waals surface area (Å²) in [5, 5.41) is 2.80. The highest BCUT2D eigenvalue weighted by molar-refractivity contribution is 5.79. The average molecular weight is 255 g/mol. The molecule has 1 amide bonds. The Hall–Kier alpha value is -1.06. The second kappa shape index (κ2) is 5.72. The number of amides is 1. The Balaban J connectivity index is 2.40. The van der Waals surface area contributed by atoms with E-state index in [9.17, 15) is 9.59 Å². The van der Waals surface area contributed by atoms with Gasteiger partial charge >= 0.3 is 6.09 Å². The molecule has 0 atom stereocenters. The van der Waals surface area contributed by atoms with Crippen LogP contribution in [0.1, 0.15) is 59.8 Å². The first-order valence-electron chi connectivity index (χ1n) is 6.75. The molecule has 0 unspecified atom stereocenters. The fourth-order valence-electron chi connectivity index (χ4n) is 2.21. The molecule has 18 heavy (non-hydrogen) atoms. The van der Waals surface area contributed by atoms with Gasteiger partial charge in [-0.15, -0.1) is 0 Å². The Morgan fingerprint density at radius 3 is 2.28 bits per heavy atom. The first-order chi connectivity index (χ1) is 8.26. The number of alkyl carbamates (subject to hydrolysis) is 1. The fraction of sp³-hybridized carbons (Fsp3) is 0.857. The standard InChI is InChI=1S/C14H25NO3/c1-5-11(16)9-14(7-6-8-14)10-15-12(17)18-13(2,3)4/h5-10H2,1-4H3,(H,15,17). The van der Waals surface area contributed by atoms with Crippen molar-refractivity contribution in [3.63, 3.8) is 0 Å². The number of Topliss-reactive ketones (excluding diaryl/α,β-unsaturated/α-hetero) is 1. The molecule has 0 spiro atoms. The van der Waals surface area contributed by atoms with Crippen molar-refractivity contribution in [2.75, 3.05) is 6.54 Å². The van der Waals surface area contributed by atoms with Gasteiger partial charge in [-0.25, -0.2) is 4.79 Å². The summed E-state index contributed by atoms with van der Waals surface area (Å²) in [7, 11) is 0. The van der Waals surface area contributed by atoms with Crippen LogP contribution in [0, 0.1) is 5.41 Å². The lowest BCUT2D eigenvalue weighted by Gasteiger charge is -2.41. The van der Waals surface area contributed by atoms with Crippen molar-refractivity contribution < 1.29 is 14.3 Å². The van der Waals surface area contributed by atoms with Crippen molar-refractivity contribution in [2.24, 2.45) is 5.41 Å². The van der Waals surface area contributed by atoms with Gasteiger partial charge in [-0.1, -0.05) is 13.3 Å². The molecule has 0 radical (unpaired) electrons. The molecule has 4 nitrogen and oxygen atoms in total. The van der Waals surface area contributed by atoms with E-state index in [1.807, 2.05) is 27.7 Å². The predicted molar refractivity (Wildman–Crippen MR) is 70.4 cm³/mol. The van der Waals surface area contributed by atoms with Gasteiger partial charge in [-0.05, 0) is 39.0 Å². The summed E-state index contributed by atoms with van der Waals surface area (Å²) in [6, 6.07) is 0. The molecular weight excluding hydrogens is 230 g/mol. The van der Waals surface area contributed by atoms with Crippen molar-refractivity contribution in [3.8, 4) is 0 Å². The van der Waals surface area contributed by atoms with Crippen molar-refractivity contribution in [1.29, 1.82) is 0 Å². The lowest BCUT2D eigenvalue weighted by molar-refractivity contribution is -0.122. The van der Waals surface area contributed by atoms with Crippen LogP contribution in [0.25, 0.3) is 0 Å². The highest BCUT2D eigenvalue weighted by Crippen LogP contribution is 2.43. The summed E-state index contributed by atoms with van der Waals surface area (Å²) in [6.07, 6.45) is 3.96. The van der Waals surface area contributed by atoms with Crippen LogP contribution in [0.5, 0.6) is 0 Å². The van der Waals surface area contributed by atoms with Crippen LogP contribution in [-0.4, -0.2) is 24.0 Å². The molecular formula is C14H25NO3. The van der Waals surface area contributed by atoms with Gasteiger partial charge in [0, 0.05) is 19.4 Å². The van der Waals surface area contributed by atoms with Crippen LogP contribution in [0.3, 0.4) is 0 Å². The number of carbonyl (C=O) groups is 2. The van der Waals surface area contributed by atoms with E-state index in [-0.39, 0.29) is 11.2 Å². The van der Waals surface area contributed by atoms with Crippen LogP contribution in [0.4, 0.5) is 4.79 Å². The quantitative estimate of drug-likeness (QED) is 0.821. The lowest BCUT2D eigenvalue weighted by Crippen LogP contribution is -2.44. The normalized spacial score (nSPS) is 17.8. The zero-order valence-electron chi connectivity index (χ0n) is 12.0. The molecule has 1 N–H and O–H groups in total. The summed E-state index contributed by atoms with van der Waals surface area (Å²) in [5.74, 6) is 0.278. The van der Waals surface area contributed by atoms with Gasteiger partial charge < -0.3 is 10.1 Å². The molecule has 104 valence electrons.